The Bertz CT molecular complexity index is 6370. The summed E-state index contributed by atoms with van der Waals surface area (Å²) in [7, 11) is 0.645. The molecule has 1 radical (unpaired) electrons. The van der Waals surface area contributed by atoms with Crippen molar-refractivity contribution in [2.45, 2.75) is 0 Å². The van der Waals surface area contributed by atoms with Gasteiger partial charge in [-0.05, 0) is 151 Å². The Balaban J connectivity index is 0.000000140. The van der Waals surface area contributed by atoms with Gasteiger partial charge in [-0.25, -0.2) is 39.9 Å². The summed E-state index contributed by atoms with van der Waals surface area (Å²) in [6.07, 6.45) is 5.29. The van der Waals surface area contributed by atoms with E-state index in [2.05, 4.69) is 231 Å². The van der Waals surface area contributed by atoms with E-state index in [0.717, 1.165) is 155 Å². The molecule has 1 N–H and O–H groups in total. The molecule has 0 atom stereocenters. The van der Waals surface area contributed by atoms with Gasteiger partial charge >= 0.3 is 7.69 Å². The number of benzene rings is 13. The minimum Gasteiger partial charge on any atom is -0.536 e. The second-order valence-electron chi connectivity index (χ2n) is 26.6. The maximum Gasteiger partial charge on any atom is 0.569 e. The van der Waals surface area contributed by atoms with Crippen molar-refractivity contribution in [2.75, 3.05) is 0 Å². The maximum atomic E-state index is 8.42. The molecule has 0 fully saturated rings. The van der Waals surface area contributed by atoms with E-state index in [9.17, 15) is 0 Å². The molecular weight excluding hydrogens is 1410 g/mol. The second kappa shape index (κ2) is 30.6. The Labute approximate surface area is 648 Å². The molecule has 20 rings (SSSR count). The van der Waals surface area contributed by atoms with Crippen molar-refractivity contribution >= 4 is 107 Å². The maximum absolute atomic E-state index is 8.42. The largest absolute Gasteiger partial charge is 0.569 e. The number of pyridine rings is 3. The lowest BCUT2D eigenvalue weighted by Crippen LogP contribution is -1.99. The molecule has 0 aliphatic heterocycles. The first-order valence-electron chi connectivity index (χ1n) is 35.9. The summed E-state index contributed by atoms with van der Waals surface area (Å²) in [6, 6.07) is 113. The normalized spacial score (nSPS) is 11.2. The van der Waals surface area contributed by atoms with Crippen molar-refractivity contribution in [1.82, 2.24) is 54.8 Å². The third kappa shape index (κ3) is 15.1. The van der Waals surface area contributed by atoms with Crippen molar-refractivity contribution < 1.29 is 9.68 Å². The number of fused-ring (bicyclic) bond motifs is 7. The van der Waals surface area contributed by atoms with Gasteiger partial charge in [0.1, 0.15) is 5.75 Å². The third-order valence-corrected chi connectivity index (χ3v) is 19.8. The highest BCUT2D eigenvalue weighted by atomic mass is 35.5. The summed E-state index contributed by atoms with van der Waals surface area (Å²) in [5.74, 6) is 1.76. The highest BCUT2D eigenvalue weighted by Crippen LogP contribution is 2.37. The number of halogens is 2. The van der Waals surface area contributed by atoms with Gasteiger partial charge in [-0.2, -0.15) is 0 Å². The fraction of sp³-hybridized carbons (Fsp3) is 0. The van der Waals surface area contributed by atoms with Gasteiger partial charge in [-0.15, -0.1) is 0 Å². The number of hydrogen-bond acceptors (Lipinski definition) is 13. The second-order valence-corrected chi connectivity index (χ2v) is 27.2. The van der Waals surface area contributed by atoms with Crippen molar-refractivity contribution in [3.05, 3.63) is 363 Å². The van der Waals surface area contributed by atoms with Gasteiger partial charge in [0.15, 0.2) is 11.6 Å². The van der Waals surface area contributed by atoms with Gasteiger partial charge in [0.2, 0.25) is 10.6 Å². The van der Waals surface area contributed by atoms with Crippen LogP contribution in [0.15, 0.2) is 352 Å². The first-order valence-corrected chi connectivity index (χ1v) is 36.6. The Morgan fingerprint density at radius 2 is 0.450 bits per heavy atom. The molecule has 0 spiro atoms. The molecule has 0 bridgehead atoms. The van der Waals surface area contributed by atoms with Crippen molar-refractivity contribution in [1.29, 1.82) is 0 Å². The lowest BCUT2D eigenvalue weighted by Gasteiger charge is -2.12. The zero-order chi connectivity index (χ0) is 74.6. The fourth-order valence-corrected chi connectivity index (χ4v) is 14.1. The Kier molecular flexibility index (Phi) is 18.9. The predicted molar refractivity (Wildman–Crippen MR) is 451 cm³/mol. The smallest absolute Gasteiger partial charge is 0.536 e. The summed E-state index contributed by atoms with van der Waals surface area (Å²) in [5.41, 5.74) is 18.6. The fourth-order valence-electron chi connectivity index (χ4n) is 13.8. The van der Waals surface area contributed by atoms with Crippen LogP contribution in [0.4, 0.5) is 0 Å². The van der Waals surface area contributed by atoms with Gasteiger partial charge in [-0.1, -0.05) is 249 Å². The van der Waals surface area contributed by atoms with E-state index < -0.39 is 0 Å². The quantitative estimate of drug-likeness (QED) is 0.0906. The summed E-state index contributed by atoms with van der Waals surface area (Å²) in [5, 5.41) is 21.2. The van der Waals surface area contributed by atoms with Crippen LogP contribution in [-0.2, 0) is 0 Å². The van der Waals surface area contributed by atoms with Crippen LogP contribution in [0.25, 0.3) is 189 Å². The van der Waals surface area contributed by atoms with E-state index >= 15 is 0 Å². The molecule has 0 amide bonds. The topological polar surface area (TPSA) is 171 Å². The molecule has 111 heavy (non-hydrogen) atoms. The Morgan fingerprint density at radius 3 is 0.766 bits per heavy atom. The SMILES string of the molecule is Clc1nc(-c2ccc(-c3cc(-c4ccc5ccccc5c4)nc(Cl)n3)cc2)cc(-c2ccc3ccccc3c2)n1.O[B]Oc1cnc2ccccc2c1.c1ccc2cc(-c3cc(-c4ccc(-c5cc(-c6ccc7ccccc7c6)nc(-c6cnc7ccccc7c6)n5)cc4)nc(-c4cnc5ccccc5c4)n3)ccc2c1. The van der Waals surface area contributed by atoms with Gasteiger partial charge in [0, 0.05) is 84.2 Å². The lowest BCUT2D eigenvalue weighted by atomic mass is 10.0. The molecule has 0 saturated heterocycles. The zero-order valence-electron chi connectivity index (χ0n) is 59.1. The molecule has 20 aromatic rings. The van der Waals surface area contributed by atoms with E-state index in [1.165, 1.54) is 21.5 Å². The molecule has 0 unspecified atom stereocenters. The first kappa shape index (κ1) is 68.7. The molecular formula is C95H59BCl2N11O2. The lowest BCUT2D eigenvalue weighted by molar-refractivity contribution is 0.453. The van der Waals surface area contributed by atoms with Gasteiger partial charge in [0.25, 0.3) is 0 Å². The molecule has 13 aromatic carbocycles. The highest BCUT2D eigenvalue weighted by Gasteiger charge is 2.18. The monoisotopic (exact) mass is 1470 g/mol. The van der Waals surface area contributed by atoms with Crippen LogP contribution in [0, 0.1) is 0 Å². The number of rotatable bonds is 12. The minimum absolute atomic E-state index is 0.201. The van der Waals surface area contributed by atoms with Crippen LogP contribution in [0.3, 0.4) is 0 Å². The van der Waals surface area contributed by atoms with Crippen LogP contribution in [0.2, 0.25) is 10.6 Å². The van der Waals surface area contributed by atoms with Crippen LogP contribution in [0.5, 0.6) is 5.75 Å². The summed E-state index contributed by atoms with van der Waals surface area (Å²) < 4.78 is 4.78. The van der Waals surface area contributed by atoms with Crippen LogP contribution >= 0.6 is 23.2 Å². The molecule has 0 saturated carbocycles. The standard InChI is InChI=1S/C52H32N6.C34H20Cl2N4.C9H7BNO2/c1-3-11-37-25-41(23-17-33(37)9-1)49-29-47(55-51(57-49)43-27-39-13-5-7-15-45(39)53-31-43)35-19-21-36(22-20-35)48-30-50(42-24-18-34-10-2-4-12-38(34)26-42)58-52(56-48)44-28-40-14-6-8-16-46(40)54-32-44;35-33-37-29(19-31(39-33)27-15-9-21-5-1-3-7-25(21)17-27)23-11-13-24(14-12-23)30-20-32(40-34(36)38-30)28-16-10-22-6-2-4-8-26(22)18-28;12-10-13-8-5-7-3-1-2-4-9(7)11-6-8/h1-32H;1-20H;1-6,12H. The Hall–Kier alpha value is -14.1. The molecule has 7 heterocycles. The van der Waals surface area contributed by atoms with E-state index in [0.29, 0.717) is 25.1 Å². The number of para-hydroxylation sites is 3. The zero-order valence-corrected chi connectivity index (χ0v) is 60.6. The van der Waals surface area contributed by atoms with E-state index in [1.54, 1.807) is 6.20 Å². The first-order chi connectivity index (χ1) is 54.6. The molecule has 16 heteroatoms. The Morgan fingerprint density at radius 1 is 0.216 bits per heavy atom. The summed E-state index contributed by atoms with van der Waals surface area (Å²) >= 11 is 12.7. The highest BCUT2D eigenvalue weighted by molar-refractivity contribution is 6.29. The minimum atomic E-state index is 0.201. The van der Waals surface area contributed by atoms with E-state index in [-0.39, 0.29) is 10.6 Å². The van der Waals surface area contributed by atoms with Gasteiger partial charge < -0.3 is 9.68 Å². The van der Waals surface area contributed by atoms with Crippen molar-refractivity contribution in [2.24, 2.45) is 0 Å². The van der Waals surface area contributed by atoms with Crippen molar-refractivity contribution in [3.63, 3.8) is 0 Å². The average molecular weight is 1470 g/mol. The molecule has 13 nitrogen and oxygen atoms in total. The summed E-state index contributed by atoms with van der Waals surface area (Å²) in [4.78, 5) is 52.1. The summed E-state index contributed by atoms with van der Waals surface area (Å²) in [6.45, 7) is 0. The van der Waals surface area contributed by atoms with Crippen LogP contribution in [-0.4, -0.2) is 67.5 Å². The average Bonchev–Trinajstić information content (AvgIpc) is 0.785. The van der Waals surface area contributed by atoms with Crippen LogP contribution in [0.1, 0.15) is 0 Å². The van der Waals surface area contributed by atoms with Gasteiger partial charge in [0.05, 0.1) is 68.3 Å². The van der Waals surface area contributed by atoms with E-state index in [1.807, 2.05) is 140 Å². The molecule has 0 aliphatic carbocycles. The van der Waals surface area contributed by atoms with Crippen LogP contribution < -0.4 is 4.65 Å². The van der Waals surface area contributed by atoms with Gasteiger partial charge in [-0.3, -0.25) is 15.0 Å². The number of nitrogens with zero attached hydrogens (tertiary/aromatic N) is 11. The number of hydrogen-bond donors (Lipinski definition) is 1. The van der Waals surface area contributed by atoms with Crippen molar-refractivity contribution in [3.8, 4) is 119 Å². The molecule has 523 valence electrons. The third-order valence-electron chi connectivity index (χ3n) is 19.4. The van der Waals surface area contributed by atoms with E-state index in [4.69, 9.17) is 62.8 Å². The number of aromatic nitrogens is 11. The molecule has 7 aromatic heterocycles. The predicted octanol–water partition coefficient (Wildman–Crippen LogP) is 23.4. The molecule has 0 aliphatic rings.